The van der Waals surface area contributed by atoms with Gasteiger partial charge in [-0.05, 0) is 56.5 Å². The average molecular weight is 268 g/mol. The van der Waals surface area contributed by atoms with E-state index in [1.807, 2.05) is 19.9 Å². The molecule has 0 unspecified atom stereocenters. The van der Waals surface area contributed by atoms with E-state index in [-0.39, 0.29) is 6.04 Å². The third-order valence-corrected chi connectivity index (χ3v) is 4.93. The molecule has 0 radical (unpaired) electrons. The molecule has 0 spiro atoms. The zero-order chi connectivity index (χ0) is 13.2. The first-order valence-corrected chi connectivity index (χ1v) is 7.78. The second-order valence-electron chi connectivity index (χ2n) is 4.91. The Hall–Kier alpha value is -0.910. The predicted molar refractivity (Wildman–Crippen MR) is 72.1 cm³/mol. The lowest BCUT2D eigenvalue weighted by molar-refractivity contribution is 0.428. The van der Waals surface area contributed by atoms with Crippen LogP contribution in [-0.4, -0.2) is 27.5 Å². The van der Waals surface area contributed by atoms with E-state index in [2.05, 4.69) is 10.0 Å². The first-order chi connectivity index (χ1) is 8.49. The van der Waals surface area contributed by atoms with Crippen LogP contribution in [0.2, 0.25) is 0 Å². The maximum Gasteiger partial charge on any atom is 0.240 e. The van der Waals surface area contributed by atoms with Crippen LogP contribution in [0.15, 0.2) is 23.1 Å². The van der Waals surface area contributed by atoms with Crippen LogP contribution < -0.4 is 10.0 Å². The second kappa shape index (κ2) is 5.38. The predicted octanol–water partition coefficient (Wildman–Crippen LogP) is 1.33. The van der Waals surface area contributed by atoms with Gasteiger partial charge in [-0.25, -0.2) is 13.1 Å². The minimum atomic E-state index is -3.39. The van der Waals surface area contributed by atoms with Gasteiger partial charge in [-0.2, -0.15) is 0 Å². The Bertz CT molecular complexity index is 520. The van der Waals surface area contributed by atoms with Gasteiger partial charge >= 0.3 is 0 Å². The van der Waals surface area contributed by atoms with Crippen LogP contribution in [-0.2, 0) is 10.0 Å². The van der Waals surface area contributed by atoms with Crippen LogP contribution in [0.3, 0.4) is 0 Å². The molecular weight excluding hydrogens is 248 g/mol. The molecule has 1 atom stereocenters. The molecule has 1 aliphatic rings. The molecule has 2 N–H and O–H groups in total. The zero-order valence-electron chi connectivity index (χ0n) is 10.9. The normalized spacial score (nSPS) is 20.9. The van der Waals surface area contributed by atoms with Gasteiger partial charge in [-0.3, -0.25) is 0 Å². The maximum absolute atomic E-state index is 12.2. The van der Waals surface area contributed by atoms with Crippen LogP contribution in [0.1, 0.15) is 24.0 Å². The van der Waals surface area contributed by atoms with E-state index >= 15 is 0 Å². The number of nitrogens with one attached hydrogen (secondary N) is 2. The molecule has 0 bridgehead atoms. The molecular formula is C13H20N2O2S. The van der Waals surface area contributed by atoms with Crippen molar-refractivity contribution in [2.75, 3.05) is 13.1 Å². The highest BCUT2D eigenvalue weighted by molar-refractivity contribution is 7.89. The van der Waals surface area contributed by atoms with Gasteiger partial charge in [0.15, 0.2) is 0 Å². The smallest absolute Gasteiger partial charge is 0.240 e. The van der Waals surface area contributed by atoms with Crippen LogP contribution in [0.25, 0.3) is 0 Å². The number of aryl methyl sites for hydroxylation is 2. The Balaban J connectivity index is 2.16. The second-order valence-corrected chi connectivity index (χ2v) is 6.62. The van der Waals surface area contributed by atoms with Crippen molar-refractivity contribution in [3.8, 4) is 0 Å². The van der Waals surface area contributed by atoms with Gasteiger partial charge in [0.1, 0.15) is 0 Å². The molecule has 1 saturated heterocycles. The third kappa shape index (κ3) is 3.10. The molecule has 0 amide bonds. The molecule has 100 valence electrons. The summed E-state index contributed by atoms with van der Waals surface area (Å²) in [5, 5.41) is 3.20. The molecule has 1 heterocycles. The SMILES string of the molecule is Cc1ccc(S(=O)(=O)N[C@H]2CCCNC2)cc1C. The summed E-state index contributed by atoms with van der Waals surface area (Å²) in [6, 6.07) is 5.25. The average Bonchev–Trinajstić information content (AvgIpc) is 2.33. The Kier molecular flexibility index (Phi) is 4.04. The van der Waals surface area contributed by atoms with E-state index in [0.717, 1.165) is 30.5 Å². The van der Waals surface area contributed by atoms with Gasteiger partial charge in [-0.1, -0.05) is 6.07 Å². The summed E-state index contributed by atoms with van der Waals surface area (Å²) in [5.74, 6) is 0. The molecule has 1 aliphatic heterocycles. The Morgan fingerprint density at radius 3 is 2.67 bits per heavy atom. The van der Waals surface area contributed by atoms with E-state index in [1.165, 1.54) is 0 Å². The highest BCUT2D eigenvalue weighted by Gasteiger charge is 2.21. The fraction of sp³-hybridized carbons (Fsp3) is 0.538. The molecule has 5 heteroatoms. The van der Waals surface area contributed by atoms with Crippen molar-refractivity contribution >= 4 is 10.0 Å². The quantitative estimate of drug-likeness (QED) is 0.869. The van der Waals surface area contributed by atoms with Gasteiger partial charge in [0.2, 0.25) is 10.0 Å². The number of piperidine rings is 1. The lowest BCUT2D eigenvalue weighted by Crippen LogP contribution is -2.45. The number of benzene rings is 1. The van der Waals surface area contributed by atoms with Gasteiger partial charge in [0.05, 0.1) is 4.90 Å². The lowest BCUT2D eigenvalue weighted by Gasteiger charge is -2.23. The van der Waals surface area contributed by atoms with Crippen molar-refractivity contribution in [2.24, 2.45) is 0 Å². The summed E-state index contributed by atoms with van der Waals surface area (Å²) < 4.78 is 27.2. The molecule has 1 fully saturated rings. The van der Waals surface area contributed by atoms with Crippen LogP contribution in [0, 0.1) is 13.8 Å². The Labute approximate surface area is 109 Å². The number of rotatable bonds is 3. The van der Waals surface area contributed by atoms with Crippen molar-refractivity contribution in [1.29, 1.82) is 0 Å². The number of sulfonamides is 1. The molecule has 1 aromatic carbocycles. The zero-order valence-corrected chi connectivity index (χ0v) is 11.7. The monoisotopic (exact) mass is 268 g/mol. The van der Waals surface area contributed by atoms with E-state index in [9.17, 15) is 8.42 Å². The van der Waals surface area contributed by atoms with Gasteiger partial charge < -0.3 is 5.32 Å². The highest BCUT2D eigenvalue weighted by Crippen LogP contribution is 2.15. The van der Waals surface area contributed by atoms with Gasteiger partial charge in [0, 0.05) is 12.6 Å². The molecule has 0 saturated carbocycles. The lowest BCUT2D eigenvalue weighted by atomic mass is 10.1. The first kappa shape index (κ1) is 13.5. The van der Waals surface area contributed by atoms with Gasteiger partial charge in [0.25, 0.3) is 0 Å². The van der Waals surface area contributed by atoms with E-state index in [0.29, 0.717) is 11.4 Å². The Morgan fingerprint density at radius 1 is 1.28 bits per heavy atom. The summed E-state index contributed by atoms with van der Waals surface area (Å²) in [6.45, 7) is 5.59. The molecule has 4 nitrogen and oxygen atoms in total. The summed E-state index contributed by atoms with van der Waals surface area (Å²) >= 11 is 0. The molecule has 18 heavy (non-hydrogen) atoms. The fourth-order valence-corrected chi connectivity index (χ4v) is 3.48. The number of hydrogen-bond acceptors (Lipinski definition) is 3. The van der Waals surface area contributed by atoms with Crippen molar-refractivity contribution in [2.45, 2.75) is 37.6 Å². The highest BCUT2D eigenvalue weighted by atomic mass is 32.2. The van der Waals surface area contributed by atoms with Crippen molar-refractivity contribution < 1.29 is 8.42 Å². The molecule has 0 aliphatic carbocycles. The standard InChI is InChI=1S/C13H20N2O2S/c1-10-5-6-13(8-11(10)2)18(16,17)15-12-4-3-7-14-9-12/h5-6,8,12,14-15H,3-4,7,9H2,1-2H3/t12-/m0/s1. The summed E-state index contributed by atoms with van der Waals surface area (Å²) in [5.41, 5.74) is 2.10. The fourth-order valence-electron chi connectivity index (χ4n) is 2.12. The summed E-state index contributed by atoms with van der Waals surface area (Å²) in [7, 11) is -3.39. The number of hydrogen-bond donors (Lipinski definition) is 2. The summed E-state index contributed by atoms with van der Waals surface area (Å²) in [6.07, 6.45) is 1.91. The first-order valence-electron chi connectivity index (χ1n) is 6.29. The molecule has 2 rings (SSSR count). The topological polar surface area (TPSA) is 58.2 Å². The van der Waals surface area contributed by atoms with Crippen molar-refractivity contribution in [3.63, 3.8) is 0 Å². The molecule has 1 aromatic rings. The van der Waals surface area contributed by atoms with E-state index < -0.39 is 10.0 Å². The summed E-state index contributed by atoms with van der Waals surface area (Å²) in [4.78, 5) is 0.358. The van der Waals surface area contributed by atoms with Crippen LogP contribution in [0.4, 0.5) is 0 Å². The largest absolute Gasteiger partial charge is 0.315 e. The van der Waals surface area contributed by atoms with Crippen molar-refractivity contribution in [3.05, 3.63) is 29.3 Å². The van der Waals surface area contributed by atoms with Gasteiger partial charge in [-0.15, -0.1) is 0 Å². The van der Waals surface area contributed by atoms with Crippen LogP contribution >= 0.6 is 0 Å². The Morgan fingerprint density at radius 2 is 2.06 bits per heavy atom. The maximum atomic E-state index is 12.2. The minimum Gasteiger partial charge on any atom is -0.315 e. The third-order valence-electron chi connectivity index (χ3n) is 3.41. The minimum absolute atomic E-state index is 0.00496. The van der Waals surface area contributed by atoms with Crippen LogP contribution in [0.5, 0.6) is 0 Å². The van der Waals surface area contributed by atoms with E-state index in [4.69, 9.17) is 0 Å². The van der Waals surface area contributed by atoms with E-state index in [1.54, 1.807) is 12.1 Å². The van der Waals surface area contributed by atoms with Crippen molar-refractivity contribution in [1.82, 2.24) is 10.0 Å². The molecule has 0 aromatic heterocycles.